The van der Waals surface area contributed by atoms with Gasteiger partial charge in [-0.15, -0.1) is 0 Å². The van der Waals surface area contributed by atoms with E-state index in [0.717, 1.165) is 19.3 Å². The van der Waals surface area contributed by atoms with E-state index in [1.807, 2.05) is 0 Å². The van der Waals surface area contributed by atoms with E-state index in [4.69, 9.17) is 0 Å². The van der Waals surface area contributed by atoms with Crippen LogP contribution >= 0.6 is 0 Å². The van der Waals surface area contributed by atoms with Crippen LogP contribution in [0.4, 0.5) is 34.1 Å². The molecule has 0 amide bonds. The van der Waals surface area contributed by atoms with Crippen molar-refractivity contribution in [1.82, 2.24) is 0 Å². The van der Waals surface area contributed by atoms with E-state index in [2.05, 4.69) is 332 Å². The van der Waals surface area contributed by atoms with Crippen LogP contribution < -0.4 is 29.4 Å². The van der Waals surface area contributed by atoms with E-state index in [9.17, 15) is 0 Å². The van der Waals surface area contributed by atoms with Crippen molar-refractivity contribution in [3.05, 3.63) is 252 Å². The fourth-order valence-electron chi connectivity index (χ4n) is 8.74. The zero-order chi connectivity index (χ0) is 53.4. The molecule has 0 N–H and O–H groups in total. The predicted molar refractivity (Wildman–Crippen MR) is 336 cm³/mol. The van der Waals surface area contributed by atoms with Crippen LogP contribution in [0.15, 0.2) is 218 Å². The Kier molecular flexibility index (Phi) is 20.5. The molecule has 0 saturated heterocycles. The van der Waals surface area contributed by atoms with E-state index in [1.165, 1.54) is 101 Å². The Labute approximate surface area is 457 Å². The van der Waals surface area contributed by atoms with Gasteiger partial charge in [-0.25, -0.2) is 0 Å². The maximum Gasteiger partial charge on any atom is 0.0361 e. The summed E-state index contributed by atoms with van der Waals surface area (Å²) in [5.74, 6) is 0. The zero-order valence-electron chi connectivity index (χ0n) is 46.6. The van der Waals surface area contributed by atoms with Gasteiger partial charge in [0.25, 0.3) is 0 Å². The Morgan fingerprint density at radius 1 is 0.171 bits per heavy atom. The summed E-state index contributed by atoms with van der Waals surface area (Å²) in [4.78, 5) is 12.7. The van der Waals surface area contributed by atoms with Crippen LogP contribution in [-0.4, -0.2) is 84.6 Å². The van der Waals surface area contributed by atoms with E-state index in [-0.39, 0.29) is 7.43 Å². The predicted octanol–water partition coefficient (Wildman–Crippen LogP) is 15.9. The van der Waals surface area contributed by atoms with Gasteiger partial charge in [-0.05, 0) is 159 Å². The minimum absolute atomic E-state index is 0. The zero-order valence-corrected chi connectivity index (χ0v) is 46.6. The van der Waals surface area contributed by atoms with Crippen molar-refractivity contribution in [2.75, 3.05) is 114 Å². The lowest BCUT2D eigenvalue weighted by Crippen LogP contribution is -2.08. The second kappa shape index (κ2) is 27.4. The molecule has 0 aliphatic heterocycles. The minimum atomic E-state index is 0. The molecule has 6 heteroatoms. The number of nitrogens with zero attached hydrogens (tertiary/aromatic N) is 6. The second-order valence-corrected chi connectivity index (χ2v) is 20.6. The fourth-order valence-corrected chi connectivity index (χ4v) is 8.74. The SMILES string of the molecule is C.CN(C)c1ccc(Cc2ccc(-c3ccc(N(C)C)cc3)cc2)cc1.CN(C)c1ccc(Cc2ccc(-c3ccc(N(C)C)cc3)cc2)cc1.CN(C)c1ccc(Cc2ccc(-c3ccc(N(C)C)cc3)cc2)cc1. The molecule has 392 valence electrons. The molecule has 0 heterocycles. The van der Waals surface area contributed by atoms with Crippen LogP contribution in [0.2, 0.25) is 0 Å². The van der Waals surface area contributed by atoms with E-state index in [1.54, 1.807) is 0 Å². The lowest BCUT2D eigenvalue weighted by molar-refractivity contribution is 1.12. The largest absolute Gasteiger partial charge is 0.378 e. The summed E-state index contributed by atoms with van der Waals surface area (Å²) in [5.41, 5.74) is 23.0. The van der Waals surface area contributed by atoms with Crippen molar-refractivity contribution in [2.24, 2.45) is 0 Å². The molecule has 0 saturated carbocycles. The minimum Gasteiger partial charge on any atom is -0.378 e. The lowest BCUT2D eigenvalue weighted by Gasteiger charge is -2.13. The highest BCUT2D eigenvalue weighted by molar-refractivity contribution is 5.69. The van der Waals surface area contributed by atoms with Crippen molar-refractivity contribution in [3.8, 4) is 33.4 Å². The first-order valence-corrected chi connectivity index (χ1v) is 26.0. The van der Waals surface area contributed by atoms with Gasteiger partial charge in [-0.1, -0.05) is 153 Å². The molecule has 0 bridgehead atoms. The number of benzene rings is 9. The van der Waals surface area contributed by atoms with Gasteiger partial charge in [0.05, 0.1) is 0 Å². The molecule has 0 aliphatic rings. The standard InChI is InChI=1S/3C23H26N2.CH4/c3*1-24(2)22-13-7-19(8-14-22)17-18-5-9-20(10-6-18)21-11-15-23(16-12-21)25(3)4;/h3*5-16H,17H2,1-4H3;1H4. The highest BCUT2D eigenvalue weighted by Gasteiger charge is 2.06. The monoisotopic (exact) mass is 1010 g/mol. The Balaban J connectivity index is 0.000000184. The lowest BCUT2D eigenvalue weighted by atomic mass is 10.00. The topological polar surface area (TPSA) is 19.4 Å². The Morgan fingerprint density at radius 3 is 0.408 bits per heavy atom. The van der Waals surface area contributed by atoms with E-state index >= 15 is 0 Å². The molecule has 0 unspecified atom stereocenters. The molecule has 0 spiro atoms. The molecule has 76 heavy (non-hydrogen) atoms. The first kappa shape index (κ1) is 57.1. The number of anilines is 6. The number of hydrogen-bond donors (Lipinski definition) is 0. The van der Waals surface area contributed by atoms with E-state index < -0.39 is 0 Å². The molecule has 6 nitrogen and oxygen atoms in total. The number of hydrogen-bond acceptors (Lipinski definition) is 6. The molecule has 0 aromatic heterocycles. The van der Waals surface area contributed by atoms with Crippen LogP contribution in [0.5, 0.6) is 0 Å². The molecular weight excluding hydrogens is 925 g/mol. The van der Waals surface area contributed by atoms with Crippen LogP contribution in [0.3, 0.4) is 0 Å². The van der Waals surface area contributed by atoms with Gasteiger partial charge in [0.15, 0.2) is 0 Å². The molecule has 0 aliphatic carbocycles. The molecule has 0 fully saturated rings. The van der Waals surface area contributed by atoms with Crippen molar-refractivity contribution in [1.29, 1.82) is 0 Å². The van der Waals surface area contributed by atoms with Crippen LogP contribution in [0, 0.1) is 0 Å². The third-order valence-electron chi connectivity index (χ3n) is 13.6. The highest BCUT2D eigenvalue weighted by Crippen LogP contribution is 2.27. The molecular formula is C70H82N6. The van der Waals surface area contributed by atoms with Gasteiger partial charge in [0.2, 0.25) is 0 Å². The fraction of sp³-hybridized carbons (Fsp3) is 0.229. The third-order valence-corrected chi connectivity index (χ3v) is 13.6. The highest BCUT2D eigenvalue weighted by atomic mass is 15.1. The van der Waals surface area contributed by atoms with Crippen LogP contribution in [0.25, 0.3) is 33.4 Å². The maximum atomic E-state index is 2.23. The van der Waals surface area contributed by atoms with Gasteiger partial charge in [-0.3, -0.25) is 0 Å². The summed E-state index contributed by atoms with van der Waals surface area (Å²) >= 11 is 0. The third kappa shape index (κ3) is 16.4. The van der Waals surface area contributed by atoms with Crippen LogP contribution in [-0.2, 0) is 19.3 Å². The normalized spacial score (nSPS) is 10.4. The molecule has 9 aromatic rings. The van der Waals surface area contributed by atoms with Gasteiger partial charge in [0, 0.05) is 119 Å². The smallest absolute Gasteiger partial charge is 0.0361 e. The maximum absolute atomic E-state index is 2.23. The Morgan fingerprint density at radius 2 is 0.276 bits per heavy atom. The summed E-state index contributed by atoms with van der Waals surface area (Å²) in [6.45, 7) is 0. The van der Waals surface area contributed by atoms with Gasteiger partial charge >= 0.3 is 0 Å². The quantitative estimate of drug-likeness (QED) is 0.101. The van der Waals surface area contributed by atoms with E-state index in [0.29, 0.717) is 0 Å². The summed E-state index contributed by atoms with van der Waals surface area (Å²) in [7, 11) is 24.8. The van der Waals surface area contributed by atoms with Crippen molar-refractivity contribution >= 4 is 34.1 Å². The van der Waals surface area contributed by atoms with Gasteiger partial charge < -0.3 is 29.4 Å². The molecule has 9 aromatic carbocycles. The van der Waals surface area contributed by atoms with Gasteiger partial charge in [0.1, 0.15) is 0 Å². The van der Waals surface area contributed by atoms with Crippen molar-refractivity contribution in [3.63, 3.8) is 0 Å². The molecule has 9 rings (SSSR count). The number of rotatable bonds is 15. The second-order valence-electron chi connectivity index (χ2n) is 20.6. The van der Waals surface area contributed by atoms with Gasteiger partial charge in [-0.2, -0.15) is 0 Å². The Bertz CT molecular complexity index is 2740. The summed E-state index contributed by atoms with van der Waals surface area (Å²) in [5, 5.41) is 0. The molecule has 0 atom stereocenters. The Hall–Kier alpha value is -8.22. The first-order valence-electron chi connectivity index (χ1n) is 26.0. The summed E-state index contributed by atoms with van der Waals surface area (Å²) in [6.07, 6.45) is 2.90. The summed E-state index contributed by atoms with van der Waals surface area (Å²) in [6, 6.07) is 79.1. The van der Waals surface area contributed by atoms with Crippen LogP contribution in [0.1, 0.15) is 40.8 Å². The average molecular weight is 1010 g/mol. The van der Waals surface area contributed by atoms with Crippen molar-refractivity contribution < 1.29 is 0 Å². The molecule has 0 radical (unpaired) electrons. The van der Waals surface area contributed by atoms with Crippen molar-refractivity contribution in [2.45, 2.75) is 26.7 Å². The average Bonchev–Trinajstić information content (AvgIpc) is 3.42. The first-order chi connectivity index (χ1) is 36.1. The summed E-state index contributed by atoms with van der Waals surface area (Å²) < 4.78 is 0.